The highest BCUT2D eigenvalue weighted by atomic mass is 127. The number of nitrogens with zero attached hydrogens (tertiary/aromatic N) is 2. The first kappa shape index (κ1) is 23.0. The van der Waals surface area contributed by atoms with Crippen molar-refractivity contribution in [3.8, 4) is 5.75 Å². The Morgan fingerprint density at radius 2 is 1.72 bits per heavy atom. The van der Waals surface area contributed by atoms with E-state index in [2.05, 4.69) is 20.6 Å². The maximum atomic E-state index is 5.92. The fourth-order valence-corrected chi connectivity index (χ4v) is 2.71. The van der Waals surface area contributed by atoms with E-state index in [0.29, 0.717) is 19.7 Å². The summed E-state index contributed by atoms with van der Waals surface area (Å²) in [5.41, 5.74) is 3.14. The van der Waals surface area contributed by atoms with Gasteiger partial charge in [0.1, 0.15) is 12.4 Å². The van der Waals surface area contributed by atoms with Crippen molar-refractivity contribution >= 4 is 41.5 Å². The number of aliphatic imine (C=N–C) groups is 1. The molecule has 0 fully saturated rings. The molecule has 0 saturated carbocycles. The lowest BCUT2D eigenvalue weighted by atomic mass is 10.2. The van der Waals surface area contributed by atoms with Gasteiger partial charge in [-0.2, -0.15) is 0 Å². The van der Waals surface area contributed by atoms with E-state index in [1.54, 1.807) is 13.2 Å². The fraction of sp³-hybridized carbons (Fsp3) is 0.182. The van der Waals surface area contributed by atoms with Gasteiger partial charge >= 0.3 is 0 Å². The van der Waals surface area contributed by atoms with Crippen molar-refractivity contribution in [2.24, 2.45) is 4.99 Å². The van der Waals surface area contributed by atoms with Gasteiger partial charge in [0, 0.05) is 31.4 Å². The lowest BCUT2D eigenvalue weighted by Gasteiger charge is -2.13. The molecule has 0 saturated heterocycles. The minimum atomic E-state index is 0. The number of benzene rings is 2. The molecule has 1 heterocycles. The van der Waals surface area contributed by atoms with E-state index < -0.39 is 0 Å². The monoisotopic (exact) mass is 522 g/mol. The molecule has 0 atom stereocenters. The average molecular weight is 523 g/mol. The molecule has 0 aliphatic carbocycles. The summed E-state index contributed by atoms with van der Waals surface area (Å²) in [6, 6.07) is 21.5. The molecular weight excluding hydrogens is 499 g/mol. The first-order valence-electron chi connectivity index (χ1n) is 9.03. The highest BCUT2D eigenvalue weighted by Gasteiger charge is 2.02. The Bertz CT molecular complexity index is 904. The summed E-state index contributed by atoms with van der Waals surface area (Å²) in [4.78, 5) is 8.53. The molecule has 7 heteroatoms. The molecule has 0 radical (unpaired) electrons. The summed E-state index contributed by atoms with van der Waals surface area (Å²) < 4.78 is 5.83. The predicted octanol–water partition coefficient (Wildman–Crippen LogP) is 4.80. The number of nitrogens with one attached hydrogen (secondary N) is 2. The van der Waals surface area contributed by atoms with Crippen LogP contribution in [0.15, 0.2) is 77.9 Å². The minimum absolute atomic E-state index is 0. The van der Waals surface area contributed by atoms with E-state index in [0.717, 1.165) is 33.6 Å². The van der Waals surface area contributed by atoms with Crippen molar-refractivity contribution in [1.82, 2.24) is 15.6 Å². The molecular formula is C22H24ClIN4O. The highest BCUT2D eigenvalue weighted by molar-refractivity contribution is 14.0. The minimum Gasteiger partial charge on any atom is -0.487 e. The molecule has 5 nitrogen and oxygen atoms in total. The Morgan fingerprint density at radius 3 is 2.41 bits per heavy atom. The predicted molar refractivity (Wildman–Crippen MR) is 129 cm³/mol. The van der Waals surface area contributed by atoms with Crippen LogP contribution in [0.2, 0.25) is 5.02 Å². The van der Waals surface area contributed by atoms with Gasteiger partial charge in [0.25, 0.3) is 0 Å². The van der Waals surface area contributed by atoms with Gasteiger partial charge in [-0.05, 0) is 47.5 Å². The van der Waals surface area contributed by atoms with E-state index in [4.69, 9.17) is 16.3 Å². The Balaban J connectivity index is 0.00000300. The summed E-state index contributed by atoms with van der Waals surface area (Å²) in [5, 5.41) is 7.34. The van der Waals surface area contributed by atoms with Gasteiger partial charge in [-0.15, -0.1) is 24.0 Å². The number of halogens is 2. The molecule has 0 unspecified atom stereocenters. The van der Waals surface area contributed by atoms with Crippen LogP contribution in [0.4, 0.5) is 0 Å². The van der Waals surface area contributed by atoms with Crippen molar-refractivity contribution in [2.45, 2.75) is 19.7 Å². The lowest BCUT2D eigenvalue weighted by Crippen LogP contribution is -2.36. The molecule has 29 heavy (non-hydrogen) atoms. The van der Waals surface area contributed by atoms with Gasteiger partial charge in [0.15, 0.2) is 5.96 Å². The maximum absolute atomic E-state index is 5.92. The molecule has 3 aromatic rings. The molecule has 1 aromatic heterocycles. The molecule has 3 rings (SSSR count). The molecule has 0 bridgehead atoms. The third-order valence-electron chi connectivity index (χ3n) is 4.07. The van der Waals surface area contributed by atoms with Gasteiger partial charge < -0.3 is 15.4 Å². The molecule has 0 amide bonds. The van der Waals surface area contributed by atoms with Crippen molar-refractivity contribution in [3.05, 3.63) is 94.8 Å². The van der Waals surface area contributed by atoms with Gasteiger partial charge in [0.05, 0.1) is 5.69 Å². The van der Waals surface area contributed by atoms with Crippen LogP contribution < -0.4 is 15.4 Å². The van der Waals surface area contributed by atoms with Crippen LogP contribution in [0.5, 0.6) is 5.75 Å². The van der Waals surface area contributed by atoms with E-state index >= 15 is 0 Å². The van der Waals surface area contributed by atoms with E-state index in [1.165, 1.54) is 0 Å². The Labute approximate surface area is 193 Å². The zero-order valence-electron chi connectivity index (χ0n) is 16.1. The summed E-state index contributed by atoms with van der Waals surface area (Å²) >= 11 is 5.92. The van der Waals surface area contributed by atoms with Gasteiger partial charge in [0.2, 0.25) is 0 Å². The van der Waals surface area contributed by atoms with Crippen LogP contribution >= 0.6 is 35.6 Å². The second kappa shape index (κ2) is 12.3. The Hall–Kier alpha value is -2.32. The molecule has 2 N–H and O–H groups in total. The van der Waals surface area contributed by atoms with Crippen LogP contribution in [-0.4, -0.2) is 18.0 Å². The molecule has 152 valence electrons. The fourth-order valence-electron chi connectivity index (χ4n) is 2.58. The van der Waals surface area contributed by atoms with Crippen molar-refractivity contribution in [2.75, 3.05) is 7.05 Å². The van der Waals surface area contributed by atoms with Crippen LogP contribution in [-0.2, 0) is 19.7 Å². The number of rotatable bonds is 7. The second-order valence-electron chi connectivity index (χ2n) is 6.16. The normalized spacial score (nSPS) is 10.8. The number of aromatic nitrogens is 1. The van der Waals surface area contributed by atoms with Crippen LogP contribution in [0, 0.1) is 0 Å². The van der Waals surface area contributed by atoms with Gasteiger partial charge in [-0.3, -0.25) is 9.98 Å². The number of guanidine groups is 1. The first-order valence-corrected chi connectivity index (χ1v) is 9.41. The van der Waals surface area contributed by atoms with E-state index in [9.17, 15) is 0 Å². The summed E-state index contributed by atoms with van der Waals surface area (Å²) in [7, 11) is 1.75. The SMILES string of the molecule is CN=C(NCc1ccc(Cl)cc1)NCc1cccc(OCc2ccccn2)c1.I. The van der Waals surface area contributed by atoms with Crippen LogP contribution in [0.1, 0.15) is 16.8 Å². The Morgan fingerprint density at radius 1 is 0.966 bits per heavy atom. The molecule has 2 aromatic carbocycles. The average Bonchev–Trinajstić information content (AvgIpc) is 2.75. The molecule has 0 spiro atoms. The standard InChI is InChI=1S/C22H23ClN4O.HI/c1-24-22(26-14-17-8-10-19(23)11-9-17)27-15-18-5-4-7-21(13-18)28-16-20-6-2-3-12-25-20;/h2-13H,14-16H2,1H3,(H2,24,26,27);1H. The summed E-state index contributed by atoms with van der Waals surface area (Å²) in [6.07, 6.45) is 1.77. The number of hydrogen-bond donors (Lipinski definition) is 2. The third-order valence-corrected chi connectivity index (χ3v) is 4.32. The van der Waals surface area contributed by atoms with Gasteiger partial charge in [-0.25, -0.2) is 0 Å². The summed E-state index contributed by atoms with van der Waals surface area (Å²) in [6.45, 7) is 1.76. The largest absolute Gasteiger partial charge is 0.487 e. The number of hydrogen-bond acceptors (Lipinski definition) is 3. The van der Waals surface area contributed by atoms with Crippen LogP contribution in [0.3, 0.4) is 0 Å². The van der Waals surface area contributed by atoms with E-state index in [1.807, 2.05) is 66.7 Å². The van der Waals surface area contributed by atoms with Gasteiger partial charge in [-0.1, -0.05) is 41.9 Å². The van der Waals surface area contributed by atoms with E-state index in [-0.39, 0.29) is 24.0 Å². The topological polar surface area (TPSA) is 58.5 Å². The quantitative estimate of drug-likeness (QED) is 0.266. The van der Waals surface area contributed by atoms with Crippen molar-refractivity contribution < 1.29 is 4.74 Å². The Kier molecular flexibility index (Phi) is 9.73. The molecule has 0 aliphatic heterocycles. The van der Waals surface area contributed by atoms with Crippen LogP contribution in [0.25, 0.3) is 0 Å². The zero-order valence-corrected chi connectivity index (χ0v) is 19.2. The smallest absolute Gasteiger partial charge is 0.191 e. The maximum Gasteiger partial charge on any atom is 0.191 e. The van der Waals surface area contributed by atoms with Crippen molar-refractivity contribution in [1.29, 1.82) is 0 Å². The second-order valence-corrected chi connectivity index (χ2v) is 6.60. The zero-order chi connectivity index (χ0) is 19.6. The number of pyridine rings is 1. The van der Waals surface area contributed by atoms with Crippen molar-refractivity contribution in [3.63, 3.8) is 0 Å². The first-order chi connectivity index (χ1) is 13.7. The lowest BCUT2D eigenvalue weighted by molar-refractivity contribution is 0.301. The third kappa shape index (κ3) is 7.91. The summed E-state index contributed by atoms with van der Waals surface area (Å²) in [5.74, 6) is 1.55. The highest BCUT2D eigenvalue weighted by Crippen LogP contribution is 2.15. The molecule has 0 aliphatic rings. The number of ether oxygens (including phenoxy) is 1.